The van der Waals surface area contributed by atoms with Gasteiger partial charge in [0.25, 0.3) is 0 Å². The lowest BCUT2D eigenvalue weighted by Gasteiger charge is -2.37. The van der Waals surface area contributed by atoms with Crippen molar-refractivity contribution in [3.8, 4) is 0 Å². The summed E-state index contributed by atoms with van der Waals surface area (Å²) >= 11 is 0. The molecule has 0 spiro atoms. The van der Waals surface area contributed by atoms with Crippen molar-refractivity contribution in [2.45, 2.75) is 6.42 Å². The molecule has 0 radical (unpaired) electrons. The van der Waals surface area contributed by atoms with E-state index in [-0.39, 0.29) is 6.42 Å². The molecule has 0 aliphatic carbocycles. The van der Waals surface area contributed by atoms with Gasteiger partial charge in [0.15, 0.2) is 0 Å². The number of amides is 1. The summed E-state index contributed by atoms with van der Waals surface area (Å²) in [6, 6.07) is 11.8. The van der Waals surface area contributed by atoms with Gasteiger partial charge in [-0.25, -0.2) is 4.98 Å². The van der Waals surface area contributed by atoms with Crippen LogP contribution < -0.4 is 15.1 Å². The van der Waals surface area contributed by atoms with Gasteiger partial charge in [0.1, 0.15) is 11.7 Å². The minimum Gasteiger partial charge on any atom is -0.481 e. The zero-order valence-electron chi connectivity index (χ0n) is 14.3. The molecule has 2 aromatic rings. The summed E-state index contributed by atoms with van der Waals surface area (Å²) in [5.74, 6) is -1.54. The van der Waals surface area contributed by atoms with Crippen LogP contribution in [0.3, 0.4) is 0 Å². The van der Waals surface area contributed by atoms with Gasteiger partial charge >= 0.3 is 5.97 Å². The fraction of sp³-hybridized carbons (Fsp3) is 0.316. The lowest BCUT2D eigenvalue weighted by Crippen LogP contribution is -2.46. The predicted octanol–water partition coefficient (Wildman–Crippen LogP) is 1.60. The van der Waals surface area contributed by atoms with Crippen LogP contribution in [-0.2, 0) is 16.0 Å². The third-order valence-electron chi connectivity index (χ3n) is 5.01. The molecule has 1 unspecified atom stereocenters. The van der Waals surface area contributed by atoms with Crippen LogP contribution in [0.4, 0.5) is 17.2 Å². The van der Waals surface area contributed by atoms with Crippen molar-refractivity contribution in [2.24, 2.45) is 5.92 Å². The van der Waals surface area contributed by atoms with Crippen LogP contribution in [-0.4, -0.2) is 48.1 Å². The minimum absolute atomic E-state index is 0.240. The van der Waals surface area contributed by atoms with Crippen molar-refractivity contribution in [3.05, 3.63) is 48.2 Å². The lowest BCUT2D eigenvalue weighted by atomic mass is 9.93. The van der Waals surface area contributed by atoms with Crippen LogP contribution in [0.5, 0.6) is 0 Å². The highest BCUT2D eigenvalue weighted by molar-refractivity contribution is 6.06. The Hall–Kier alpha value is -3.09. The molecule has 2 N–H and O–H groups in total. The maximum atomic E-state index is 12.0. The molecule has 7 nitrogen and oxygen atoms in total. The third-order valence-corrected chi connectivity index (χ3v) is 5.01. The van der Waals surface area contributed by atoms with Gasteiger partial charge < -0.3 is 20.2 Å². The van der Waals surface area contributed by atoms with E-state index in [4.69, 9.17) is 5.11 Å². The highest BCUT2D eigenvalue weighted by Crippen LogP contribution is 2.30. The maximum absolute atomic E-state index is 12.0. The number of nitrogens with one attached hydrogen (secondary N) is 1. The standard InChI is InChI=1S/C19H20N4O3/c24-18-15(19(25)26)11-13-4-5-14(12-16(13)21-18)22-7-9-23(10-8-22)17-3-1-2-6-20-17/h1-6,12,15H,7-11H2,(H,21,24)(H,25,26). The highest BCUT2D eigenvalue weighted by Gasteiger charge is 2.32. The second-order valence-electron chi connectivity index (χ2n) is 6.59. The maximum Gasteiger partial charge on any atom is 0.316 e. The molecule has 1 saturated heterocycles. The van der Waals surface area contributed by atoms with E-state index in [9.17, 15) is 9.59 Å². The summed E-state index contributed by atoms with van der Waals surface area (Å²) in [7, 11) is 0. The normalized spacial score (nSPS) is 19.7. The number of carbonyl (C=O) groups is 2. The number of carbonyl (C=O) groups excluding carboxylic acids is 1. The first-order valence-corrected chi connectivity index (χ1v) is 8.69. The largest absolute Gasteiger partial charge is 0.481 e. The first kappa shape index (κ1) is 16.4. The van der Waals surface area contributed by atoms with E-state index in [1.54, 1.807) is 6.20 Å². The van der Waals surface area contributed by atoms with Crippen LogP contribution in [0.25, 0.3) is 0 Å². The number of anilines is 3. The number of hydrogen-bond donors (Lipinski definition) is 2. The third kappa shape index (κ3) is 3.08. The van der Waals surface area contributed by atoms with Crippen molar-refractivity contribution < 1.29 is 14.7 Å². The number of carboxylic acids is 1. The quantitative estimate of drug-likeness (QED) is 0.816. The van der Waals surface area contributed by atoms with E-state index < -0.39 is 17.8 Å². The summed E-state index contributed by atoms with van der Waals surface area (Å²) in [5.41, 5.74) is 2.63. The van der Waals surface area contributed by atoms with Gasteiger partial charge in [0, 0.05) is 43.8 Å². The second-order valence-corrected chi connectivity index (χ2v) is 6.59. The zero-order valence-corrected chi connectivity index (χ0v) is 14.3. The average molecular weight is 352 g/mol. The Morgan fingerprint density at radius 1 is 1.12 bits per heavy atom. The number of fused-ring (bicyclic) bond motifs is 1. The molecule has 3 heterocycles. The first-order chi connectivity index (χ1) is 12.6. The van der Waals surface area contributed by atoms with Gasteiger partial charge in [0.05, 0.1) is 0 Å². The smallest absolute Gasteiger partial charge is 0.316 e. The van der Waals surface area contributed by atoms with Crippen LogP contribution in [0.2, 0.25) is 0 Å². The highest BCUT2D eigenvalue weighted by atomic mass is 16.4. The van der Waals surface area contributed by atoms with E-state index >= 15 is 0 Å². The second kappa shape index (κ2) is 6.67. The van der Waals surface area contributed by atoms with Crippen LogP contribution >= 0.6 is 0 Å². The van der Waals surface area contributed by atoms with Crippen LogP contribution in [0.15, 0.2) is 42.6 Å². The monoisotopic (exact) mass is 352 g/mol. The molecule has 1 fully saturated rings. The first-order valence-electron chi connectivity index (χ1n) is 8.69. The van der Waals surface area contributed by atoms with E-state index in [0.29, 0.717) is 0 Å². The molecule has 7 heteroatoms. The number of rotatable bonds is 3. The SMILES string of the molecule is O=C(O)C1Cc2ccc(N3CCN(c4ccccn4)CC3)cc2NC1=O. The molecular formula is C19H20N4O3. The molecule has 4 rings (SSSR count). The van der Waals surface area contributed by atoms with E-state index in [1.165, 1.54) is 0 Å². The van der Waals surface area contributed by atoms with E-state index in [1.807, 2.05) is 36.4 Å². The van der Waals surface area contributed by atoms with Gasteiger partial charge in [-0.15, -0.1) is 0 Å². The number of pyridine rings is 1. The lowest BCUT2D eigenvalue weighted by molar-refractivity contribution is -0.145. The Bertz CT molecular complexity index is 832. The van der Waals surface area contributed by atoms with Crippen molar-refractivity contribution in [2.75, 3.05) is 41.3 Å². The zero-order chi connectivity index (χ0) is 18.1. The molecule has 1 aromatic heterocycles. The molecule has 2 aliphatic heterocycles. The van der Waals surface area contributed by atoms with Crippen molar-refractivity contribution in [1.82, 2.24) is 4.98 Å². The summed E-state index contributed by atoms with van der Waals surface area (Å²) in [4.78, 5) is 32.1. The number of carboxylic acid groups (broad SMARTS) is 1. The number of nitrogens with zero attached hydrogens (tertiary/aromatic N) is 3. The fourth-order valence-electron chi connectivity index (χ4n) is 3.52. The molecule has 2 aliphatic rings. The number of hydrogen-bond acceptors (Lipinski definition) is 5. The van der Waals surface area contributed by atoms with Gasteiger partial charge in [0.2, 0.25) is 5.91 Å². The molecule has 134 valence electrons. The van der Waals surface area contributed by atoms with Crippen molar-refractivity contribution >= 4 is 29.1 Å². The molecule has 1 amide bonds. The predicted molar refractivity (Wildman–Crippen MR) is 98.6 cm³/mol. The topological polar surface area (TPSA) is 85.8 Å². The molecular weight excluding hydrogens is 332 g/mol. The van der Waals surface area contributed by atoms with E-state index in [0.717, 1.165) is 48.9 Å². The Labute approximate surface area is 151 Å². The summed E-state index contributed by atoms with van der Waals surface area (Å²) in [6.07, 6.45) is 2.04. The Morgan fingerprint density at radius 3 is 2.58 bits per heavy atom. The van der Waals surface area contributed by atoms with Gasteiger partial charge in [-0.3, -0.25) is 9.59 Å². The Morgan fingerprint density at radius 2 is 1.88 bits per heavy atom. The Balaban J connectivity index is 1.46. The number of piperazine rings is 1. The molecule has 0 bridgehead atoms. The van der Waals surface area contributed by atoms with Crippen molar-refractivity contribution in [1.29, 1.82) is 0 Å². The van der Waals surface area contributed by atoms with Crippen molar-refractivity contribution in [3.63, 3.8) is 0 Å². The summed E-state index contributed by atoms with van der Waals surface area (Å²) in [6.45, 7) is 3.48. The van der Waals surface area contributed by atoms with Gasteiger partial charge in [-0.05, 0) is 36.2 Å². The molecule has 1 atom stereocenters. The summed E-state index contributed by atoms with van der Waals surface area (Å²) in [5, 5.41) is 11.9. The van der Waals surface area contributed by atoms with Gasteiger partial charge in [-0.1, -0.05) is 12.1 Å². The Kier molecular flexibility index (Phi) is 4.20. The number of aromatic nitrogens is 1. The average Bonchev–Trinajstić information content (AvgIpc) is 2.67. The summed E-state index contributed by atoms with van der Waals surface area (Å²) < 4.78 is 0. The fourth-order valence-corrected chi connectivity index (χ4v) is 3.52. The van der Waals surface area contributed by atoms with E-state index in [2.05, 4.69) is 20.1 Å². The number of aliphatic carboxylic acids is 1. The molecule has 1 aromatic carbocycles. The minimum atomic E-state index is -1.08. The molecule has 26 heavy (non-hydrogen) atoms. The van der Waals surface area contributed by atoms with Crippen LogP contribution in [0.1, 0.15) is 5.56 Å². The van der Waals surface area contributed by atoms with Crippen LogP contribution in [0, 0.1) is 5.92 Å². The molecule has 0 saturated carbocycles. The van der Waals surface area contributed by atoms with Gasteiger partial charge in [-0.2, -0.15) is 0 Å². The number of benzene rings is 1.